The van der Waals surface area contributed by atoms with Crippen molar-refractivity contribution in [3.63, 3.8) is 0 Å². The van der Waals surface area contributed by atoms with Gasteiger partial charge in [-0.05, 0) is 62.1 Å². The Morgan fingerprint density at radius 1 is 1.09 bits per heavy atom. The predicted molar refractivity (Wildman–Crippen MR) is 127 cm³/mol. The number of aryl methyl sites for hydroxylation is 1. The summed E-state index contributed by atoms with van der Waals surface area (Å²) in [5.74, 6) is 0.731. The maximum absolute atomic E-state index is 12.5. The number of unbranched alkanes of at least 4 members (excludes halogenated alkanes) is 1. The summed E-state index contributed by atoms with van der Waals surface area (Å²) in [5.41, 5.74) is 3.57. The van der Waals surface area contributed by atoms with E-state index in [1.165, 1.54) is 0 Å². The van der Waals surface area contributed by atoms with Crippen LogP contribution in [0, 0.1) is 24.0 Å². The molecule has 0 spiro atoms. The number of rotatable bonds is 11. The van der Waals surface area contributed by atoms with Gasteiger partial charge in [-0.1, -0.05) is 37.6 Å². The summed E-state index contributed by atoms with van der Waals surface area (Å²) in [4.78, 5) is 23.2. The third-order valence-corrected chi connectivity index (χ3v) is 5.46. The fraction of sp³-hybridized carbons (Fsp3) is 0.360. The van der Waals surface area contributed by atoms with Gasteiger partial charge in [-0.2, -0.15) is 5.10 Å². The number of nitrogens with zero attached hydrogens (tertiary/aromatic N) is 3. The Bertz CT molecular complexity index is 1090. The van der Waals surface area contributed by atoms with E-state index in [9.17, 15) is 14.9 Å². The molecule has 0 aliphatic carbocycles. The summed E-state index contributed by atoms with van der Waals surface area (Å²) in [6, 6.07) is 15.2. The van der Waals surface area contributed by atoms with Crippen LogP contribution in [0.2, 0.25) is 0 Å². The number of amides is 1. The van der Waals surface area contributed by atoms with Crippen LogP contribution in [-0.2, 0) is 13.0 Å². The van der Waals surface area contributed by atoms with Crippen LogP contribution in [0.1, 0.15) is 52.6 Å². The standard InChI is InChI=1S/C25H30N4O4/c1-4-5-16-33-23-12-8-20(9-13-23)14-15-26-25(30)22-10-6-21(7-11-22)17-28-19(3)24(29(31)32)18(2)27-28/h6-13H,4-5,14-17H2,1-3H3,(H,26,30). The number of hydrogen-bond acceptors (Lipinski definition) is 5. The molecule has 1 N–H and O–H groups in total. The lowest BCUT2D eigenvalue weighted by atomic mass is 10.1. The average molecular weight is 451 g/mol. The second kappa shape index (κ2) is 11.3. The maximum Gasteiger partial charge on any atom is 0.312 e. The maximum atomic E-state index is 12.5. The fourth-order valence-electron chi connectivity index (χ4n) is 3.55. The number of aromatic nitrogens is 2. The first-order valence-electron chi connectivity index (χ1n) is 11.2. The van der Waals surface area contributed by atoms with E-state index in [0.29, 0.717) is 30.0 Å². The second-order valence-electron chi connectivity index (χ2n) is 7.98. The molecule has 174 valence electrons. The van der Waals surface area contributed by atoms with Crippen molar-refractivity contribution >= 4 is 11.6 Å². The van der Waals surface area contributed by atoms with E-state index in [-0.39, 0.29) is 11.6 Å². The minimum absolute atomic E-state index is 0.0460. The zero-order valence-corrected chi connectivity index (χ0v) is 19.3. The van der Waals surface area contributed by atoms with Crippen LogP contribution in [0.15, 0.2) is 48.5 Å². The summed E-state index contributed by atoms with van der Waals surface area (Å²) in [6.45, 7) is 7.11. The molecule has 0 radical (unpaired) electrons. The van der Waals surface area contributed by atoms with Crippen LogP contribution in [-0.4, -0.2) is 33.8 Å². The quantitative estimate of drug-likeness (QED) is 0.261. The highest BCUT2D eigenvalue weighted by Gasteiger charge is 2.21. The first-order chi connectivity index (χ1) is 15.9. The van der Waals surface area contributed by atoms with Gasteiger partial charge in [0.25, 0.3) is 5.91 Å². The summed E-state index contributed by atoms with van der Waals surface area (Å²) in [5, 5.41) is 18.4. The zero-order chi connectivity index (χ0) is 23.8. The van der Waals surface area contributed by atoms with Crippen LogP contribution >= 0.6 is 0 Å². The Labute approximate surface area is 193 Å². The Morgan fingerprint density at radius 3 is 2.36 bits per heavy atom. The van der Waals surface area contributed by atoms with E-state index in [4.69, 9.17) is 4.74 Å². The number of ether oxygens (including phenoxy) is 1. The normalized spacial score (nSPS) is 10.8. The van der Waals surface area contributed by atoms with Crippen LogP contribution in [0.25, 0.3) is 0 Å². The molecule has 2 aromatic carbocycles. The van der Waals surface area contributed by atoms with Gasteiger partial charge in [0.2, 0.25) is 0 Å². The van der Waals surface area contributed by atoms with Crippen molar-refractivity contribution in [1.29, 1.82) is 0 Å². The molecule has 1 amide bonds. The van der Waals surface area contributed by atoms with Crippen molar-refractivity contribution in [1.82, 2.24) is 15.1 Å². The van der Waals surface area contributed by atoms with Crippen molar-refractivity contribution in [2.45, 2.75) is 46.6 Å². The Balaban J connectivity index is 1.49. The van der Waals surface area contributed by atoms with Gasteiger partial charge in [0.05, 0.1) is 18.1 Å². The van der Waals surface area contributed by atoms with Crippen LogP contribution in [0.4, 0.5) is 5.69 Å². The third-order valence-electron chi connectivity index (χ3n) is 5.46. The highest BCUT2D eigenvalue weighted by molar-refractivity contribution is 5.94. The molecule has 3 aromatic rings. The summed E-state index contributed by atoms with van der Waals surface area (Å²) >= 11 is 0. The molecular formula is C25H30N4O4. The van der Waals surface area contributed by atoms with Crippen molar-refractivity contribution in [2.24, 2.45) is 0 Å². The van der Waals surface area contributed by atoms with E-state index in [1.807, 2.05) is 36.4 Å². The van der Waals surface area contributed by atoms with Gasteiger partial charge in [-0.25, -0.2) is 0 Å². The van der Waals surface area contributed by atoms with Crippen molar-refractivity contribution in [2.75, 3.05) is 13.2 Å². The topological polar surface area (TPSA) is 99.3 Å². The predicted octanol–water partition coefficient (Wildman–Crippen LogP) is 4.61. The highest BCUT2D eigenvalue weighted by Crippen LogP contribution is 2.22. The lowest BCUT2D eigenvalue weighted by Gasteiger charge is -2.09. The molecule has 8 nitrogen and oxygen atoms in total. The molecule has 3 rings (SSSR count). The number of carbonyl (C=O) groups excluding carboxylic acids is 1. The third kappa shape index (κ3) is 6.41. The number of nitrogens with one attached hydrogen (secondary N) is 1. The SMILES string of the molecule is CCCCOc1ccc(CCNC(=O)c2ccc(Cn3nc(C)c([N+](=O)[O-])c3C)cc2)cc1. The average Bonchev–Trinajstić information content (AvgIpc) is 3.08. The minimum Gasteiger partial charge on any atom is -0.494 e. The number of carbonyl (C=O) groups is 1. The molecule has 33 heavy (non-hydrogen) atoms. The number of nitro groups is 1. The van der Waals surface area contributed by atoms with E-state index in [2.05, 4.69) is 17.3 Å². The van der Waals surface area contributed by atoms with Crippen LogP contribution < -0.4 is 10.1 Å². The molecule has 0 aliphatic rings. The largest absolute Gasteiger partial charge is 0.494 e. The van der Waals surface area contributed by atoms with Crippen LogP contribution in [0.5, 0.6) is 5.75 Å². The van der Waals surface area contributed by atoms with E-state index in [0.717, 1.165) is 42.7 Å². The Hall–Kier alpha value is -3.68. The van der Waals surface area contributed by atoms with E-state index < -0.39 is 4.92 Å². The van der Waals surface area contributed by atoms with Gasteiger partial charge >= 0.3 is 5.69 Å². The second-order valence-corrected chi connectivity index (χ2v) is 7.98. The van der Waals surface area contributed by atoms with Gasteiger partial charge in [0, 0.05) is 12.1 Å². The smallest absolute Gasteiger partial charge is 0.312 e. The molecule has 0 saturated heterocycles. The molecule has 0 unspecified atom stereocenters. The molecule has 1 heterocycles. The van der Waals surface area contributed by atoms with Crippen molar-refractivity contribution < 1.29 is 14.5 Å². The summed E-state index contributed by atoms with van der Waals surface area (Å²) in [6.07, 6.45) is 2.88. The fourth-order valence-corrected chi connectivity index (χ4v) is 3.55. The molecular weight excluding hydrogens is 420 g/mol. The van der Waals surface area contributed by atoms with Gasteiger partial charge in [0.15, 0.2) is 0 Å². The van der Waals surface area contributed by atoms with E-state index >= 15 is 0 Å². The molecule has 0 atom stereocenters. The van der Waals surface area contributed by atoms with Crippen molar-refractivity contribution in [3.05, 3.63) is 86.7 Å². The Morgan fingerprint density at radius 2 is 1.76 bits per heavy atom. The number of hydrogen-bond donors (Lipinski definition) is 1. The summed E-state index contributed by atoms with van der Waals surface area (Å²) < 4.78 is 7.28. The van der Waals surface area contributed by atoms with Gasteiger partial charge < -0.3 is 10.1 Å². The Kier molecular flexibility index (Phi) is 8.18. The van der Waals surface area contributed by atoms with Gasteiger partial charge in [-0.3, -0.25) is 19.6 Å². The molecule has 8 heteroatoms. The molecule has 0 bridgehead atoms. The minimum atomic E-state index is -0.405. The van der Waals surface area contributed by atoms with Gasteiger partial charge in [-0.15, -0.1) is 0 Å². The first-order valence-corrected chi connectivity index (χ1v) is 11.2. The zero-order valence-electron chi connectivity index (χ0n) is 19.3. The van der Waals surface area contributed by atoms with E-state index in [1.54, 1.807) is 30.7 Å². The molecule has 0 fully saturated rings. The summed E-state index contributed by atoms with van der Waals surface area (Å²) in [7, 11) is 0. The molecule has 0 aliphatic heterocycles. The number of benzene rings is 2. The monoisotopic (exact) mass is 450 g/mol. The van der Waals surface area contributed by atoms with Crippen LogP contribution in [0.3, 0.4) is 0 Å². The lowest BCUT2D eigenvalue weighted by molar-refractivity contribution is -0.386. The lowest BCUT2D eigenvalue weighted by Crippen LogP contribution is -2.25. The van der Waals surface area contributed by atoms with Crippen molar-refractivity contribution in [3.8, 4) is 5.75 Å². The molecule has 1 aromatic heterocycles. The first kappa shape index (κ1) is 24.0. The highest BCUT2D eigenvalue weighted by atomic mass is 16.6. The van der Waals surface area contributed by atoms with Gasteiger partial charge in [0.1, 0.15) is 17.1 Å². The molecule has 0 saturated carbocycles.